The summed E-state index contributed by atoms with van der Waals surface area (Å²) in [5.74, 6) is 5.50. The summed E-state index contributed by atoms with van der Waals surface area (Å²) in [7, 11) is 0. The van der Waals surface area contributed by atoms with Crippen LogP contribution in [0.2, 0.25) is 0 Å². The van der Waals surface area contributed by atoms with Crippen LogP contribution >= 0.6 is 0 Å². The zero-order valence-corrected chi connectivity index (χ0v) is 20.5. The molecule has 0 aliphatic carbocycles. The molecule has 4 saturated heterocycles. The summed E-state index contributed by atoms with van der Waals surface area (Å²) >= 11 is 0. The normalized spacial score (nSPS) is 27.4. The molecule has 1 aromatic carbocycles. The highest BCUT2D eigenvalue weighted by molar-refractivity contribution is 6.25. The molecule has 4 amide bonds. The standard InChI is InChI=1S/C26H34N6O4/c27-31-12-8-18(9-13-31)30-14-17(15-30)16-6-10-29(11-7-16)20-3-1-2-19-23(20)26(36)32(25(19)35)21-4-5-22(33)28-24(21)34/h1-3,16-18,21H,4-15,27H2,(H,28,33,34). The highest BCUT2D eigenvalue weighted by Gasteiger charge is 2.46. The fourth-order valence-electron chi connectivity index (χ4n) is 6.77. The molecule has 6 rings (SSSR count). The van der Waals surface area contributed by atoms with Crippen molar-refractivity contribution in [2.75, 3.05) is 44.2 Å². The van der Waals surface area contributed by atoms with Gasteiger partial charge in [-0.05, 0) is 56.1 Å². The highest BCUT2D eigenvalue weighted by atomic mass is 16.2. The Morgan fingerprint density at radius 1 is 0.833 bits per heavy atom. The molecule has 0 radical (unpaired) electrons. The molecule has 10 nitrogen and oxygen atoms in total. The van der Waals surface area contributed by atoms with Gasteiger partial charge in [0.05, 0.1) is 16.8 Å². The van der Waals surface area contributed by atoms with E-state index in [2.05, 4.69) is 15.1 Å². The topological polar surface area (TPSA) is 119 Å². The van der Waals surface area contributed by atoms with Gasteiger partial charge in [-0.1, -0.05) is 6.07 Å². The van der Waals surface area contributed by atoms with E-state index in [1.165, 1.54) is 13.1 Å². The Hall–Kier alpha value is -2.82. The molecule has 36 heavy (non-hydrogen) atoms. The van der Waals surface area contributed by atoms with E-state index >= 15 is 0 Å². The zero-order valence-electron chi connectivity index (χ0n) is 20.5. The minimum Gasteiger partial charge on any atom is -0.371 e. The third kappa shape index (κ3) is 4.01. The van der Waals surface area contributed by atoms with Crippen LogP contribution in [0.1, 0.15) is 59.2 Å². The summed E-state index contributed by atoms with van der Waals surface area (Å²) < 4.78 is 0. The van der Waals surface area contributed by atoms with Crippen molar-refractivity contribution in [1.29, 1.82) is 0 Å². The van der Waals surface area contributed by atoms with E-state index in [9.17, 15) is 19.2 Å². The minimum absolute atomic E-state index is 0.120. The van der Waals surface area contributed by atoms with Crippen molar-refractivity contribution in [1.82, 2.24) is 20.1 Å². The van der Waals surface area contributed by atoms with Crippen LogP contribution in [0, 0.1) is 11.8 Å². The van der Waals surface area contributed by atoms with Gasteiger partial charge in [0.2, 0.25) is 11.8 Å². The number of likely N-dealkylation sites (tertiary alicyclic amines) is 1. The van der Waals surface area contributed by atoms with E-state index in [-0.39, 0.29) is 18.7 Å². The lowest BCUT2D eigenvalue weighted by atomic mass is 9.78. The van der Waals surface area contributed by atoms with Crippen LogP contribution in [0.15, 0.2) is 18.2 Å². The fraction of sp³-hybridized carbons (Fsp3) is 0.615. The Labute approximate surface area is 210 Å². The first kappa shape index (κ1) is 23.6. The van der Waals surface area contributed by atoms with E-state index in [0.29, 0.717) is 23.1 Å². The third-order valence-electron chi connectivity index (χ3n) is 8.95. The SMILES string of the molecule is NN1CCC(N2CC(C3CCN(c4cccc5c4C(=O)N(C4CCC(=O)NC4=O)C5=O)CC3)C2)CC1. The molecule has 1 unspecified atom stereocenters. The smallest absolute Gasteiger partial charge is 0.264 e. The molecule has 0 bridgehead atoms. The van der Waals surface area contributed by atoms with Gasteiger partial charge in [-0.2, -0.15) is 0 Å². The number of hydrogen-bond donors (Lipinski definition) is 2. The molecule has 0 aromatic heterocycles. The number of carbonyl (C=O) groups excluding carboxylic acids is 4. The first-order valence-corrected chi connectivity index (χ1v) is 13.2. The molecular formula is C26H34N6O4. The van der Waals surface area contributed by atoms with E-state index in [1.54, 1.807) is 6.07 Å². The predicted octanol–water partition coefficient (Wildman–Crippen LogP) is 0.574. The molecule has 10 heteroatoms. The van der Waals surface area contributed by atoms with E-state index in [0.717, 1.165) is 68.4 Å². The Morgan fingerprint density at radius 2 is 1.56 bits per heavy atom. The maximum atomic E-state index is 13.4. The van der Waals surface area contributed by atoms with Crippen molar-refractivity contribution in [3.05, 3.63) is 29.3 Å². The van der Waals surface area contributed by atoms with Gasteiger partial charge in [0.15, 0.2) is 0 Å². The first-order chi connectivity index (χ1) is 17.4. The summed E-state index contributed by atoms with van der Waals surface area (Å²) in [5, 5.41) is 4.18. The molecule has 5 heterocycles. The number of imide groups is 2. The lowest BCUT2D eigenvalue weighted by Gasteiger charge is -2.50. The Morgan fingerprint density at radius 3 is 2.25 bits per heavy atom. The Balaban J connectivity index is 1.09. The Bertz CT molecular complexity index is 1090. The molecule has 4 fully saturated rings. The number of rotatable bonds is 4. The number of nitrogens with one attached hydrogen (secondary N) is 1. The molecule has 1 aromatic rings. The van der Waals surface area contributed by atoms with Crippen LogP contribution in [0.5, 0.6) is 0 Å². The molecular weight excluding hydrogens is 460 g/mol. The van der Waals surface area contributed by atoms with Gasteiger partial charge in [-0.25, -0.2) is 5.01 Å². The summed E-state index contributed by atoms with van der Waals surface area (Å²) in [6, 6.07) is 5.12. The summed E-state index contributed by atoms with van der Waals surface area (Å²) in [5.41, 5.74) is 1.53. The molecule has 3 N–H and O–H groups in total. The van der Waals surface area contributed by atoms with Crippen LogP contribution in [0.4, 0.5) is 5.69 Å². The maximum absolute atomic E-state index is 13.4. The lowest BCUT2D eigenvalue weighted by Crippen LogP contribution is -2.58. The fourth-order valence-corrected chi connectivity index (χ4v) is 6.77. The first-order valence-electron chi connectivity index (χ1n) is 13.2. The van der Waals surface area contributed by atoms with E-state index < -0.39 is 23.8 Å². The van der Waals surface area contributed by atoms with Gasteiger partial charge in [0.25, 0.3) is 11.8 Å². The molecule has 1 atom stereocenters. The van der Waals surface area contributed by atoms with Crippen molar-refractivity contribution in [3.63, 3.8) is 0 Å². The van der Waals surface area contributed by atoms with E-state index in [1.807, 2.05) is 17.1 Å². The van der Waals surface area contributed by atoms with Crippen molar-refractivity contribution in [2.24, 2.45) is 17.7 Å². The number of nitrogens with two attached hydrogens (primary N) is 1. The molecule has 0 saturated carbocycles. The van der Waals surface area contributed by atoms with Gasteiger partial charge >= 0.3 is 0 Å². The number of benzene rings is 1. The summed E-state index contributed by atoms with van der Waals surface area (Å²) in [4.78, 5) is 56.4. The van der Waals surface area contributed by atoms with Gasteiger partial charge in [-0.3, -0.25) is 40.1 Å². The van der Waals surface area contributed by atoms with Crippen molar-refractivity contribution >= 4 is 29.3 Å². The van der Waals surface area contributed by atoms with Gasteiger partial charge < -0.3 is 4.90 Å². The number of hydrogen-bond acceptors (Lipinski definition) is 8. The number of anilines is 1. The summed E-state index contributed by atoms with van der Waals surface area (Å²) in [6.45, 7) is 6.01. The zero-order chi connectivity index (χ0) is 25.0. The number of amides is 4. The van der Waals surface area contributed by atoms with Crippen molar-refractivity contribution in [2.45, 2.75) is 50.6 Å². The molecule has 5 aliphatic heterocycles. The number of fused-ring (bicyclic) bond motifs is 1. The van der Waals surface area contributed by atoms with Crippen LogP contribution < -0.4 is 16.1 Å². The lowest BCUT2D eigenvalue weighted by molar-refractivity contribution is -0.136. The second kappa shape index (κ2) is 9.24. The summed E-state index contributed by atoms with van der Waals surface area (Å²) in [6.07, 6.45) is 4.74. The number of hydrazine groups is 1. The van der Waals surface area contributed by atoms with Crippen molar-refractivity contribution < 1.29 is 19.2 Å². The molecule has 192 valence electrons. The minimum atomic E-state index is -0.938. The average Bonchev–Trinajstić information content (AvgIpc) is 3.10. The monoisotopic (exact) mass is 494 g/mol. The maximum Gasteiger partial charge on any atom is 0.264 e. The van der Waals surface area contributed by atoms with Crippen LogP contribution in [0.3, 0.4) is 0 Å². The molecule has 0 spiro atoms. The quantitative estimate of drug-likeness (QED) is 0.461. The molecule has 5 aliphatic rings. The van der Waals surface area contributed by atoms with Crippen LogP contribution in [-0.2, 0) is 9.59 Å². The number of carbonyl (C=O) groups is 4. The second-order valence-electron chi connectivity index (χ2n) is 11.0. The van der Waals surface area contributed by atoms with Crippen molar-refractivity contribution in [3.8, 4) is 0 Å². The largest absolute Gasteiger partial charge is 0.371 e. The van der Waals surface area contributed by atoms with E-state index in [4.69, 9.17) is 5.84 Å². The average molecular weight is 495 g/mol. The second-order valence-corrected chi connectivity index (χ2v) is 11.0. The number of piperidine rings is 3. The van der Waals surface area contributed by atoms with Gasteiger partial charge in [-0.15, -0.1) is 0 Å². The van der Waals surface area contributed by atoms with Crippen LogP contribution in [-0.4, -0.2) is 89.8 Å². The third-order valence-corrected chi connectivity index (χ3v) is 8.95. The van der Waals surface area contributed by atoms with Crippen LogP contribution in [0.25, 0.3) is 0 Å². The number of nitrogens with zero attached hydrogens (tertiary/aromatic N) is 4. The predicted molar refractivity (Wildman–Crippen MR) is 132 cm³/mol. The Kier molecular flexibility index (Phi) is 6.05. The highest BCUT2D eigenvalue weighted by Crippen LogP contribution is 2.39. The van der Waals surface area contributed by atoms with Gasteiger partial charge in [0, 0.05) is 51.7 Å². The van der Waals surface area contributed by atoms with Gasteiger partial charge in [0.1, 0.15) is 6.04 Å².